The second-order valence-corrected chi connectivity index (χ2v) is 10.6. The van der Waals surface area contributed by atoms with Gasteiger partial charge in [-0.1, -0.05) is 12.1 Å². The van der Waals surface area contributed by atoms with Gasteiger partial charge in [-0.05, 0) is 63.1 Å². The summed E-state index contributed by atoms with van der Waals surface area (Å²) in [4.78, 5) is 29.7. The largest absolute Gasteiger partial charge is 0.530 e. The Hall–Kier alpha value is -4.19. The molecular weight excluding hydrogens is 551 g/mol. The maximum atomic E-state index is 13.1. The summed E-state index contributed by atoms with van der Waals surface area (Å²) in [6.07, 6.45) is 0.523. The molecule has 14 heteroatoms. The van der Waals surface area contributed by atoms with Gasteiger partial charge in [0.1, 0.15) is 22.7 Å². The van der Waals surface area contributed by atoms with Crippen molar-refractivity contribution in [2.75, 3.05) is 25.6 Å². The molecule has 3 N–H and O–H groups in total. The van der Waals surface area contributed by atoms with Gasteiger partial charge in [0.2, 0.25) is 11.9 Å². The van der Waals surface area contributed by atoms with Crippen LogP contribution >= 0.6 is 7.82 Å². The quantitative estimate of drug-likeness (QED) is 0.219. The lowest BCUT2D eigenvalue weighted by atomic mass is 10.1. The summed E-state index contributed by atoms with van der Waals surface area (Å²) >= 11 is 0. The minimum Gasteiger partial charge on any atom is -0.494 e. The first-order chi connectivity index (χ1) is 19.6. The number of aryl methyl sites for hydroxylation is 4. The third-order valence-corrected chi connectivity index (χ3v) is 7.69. The van der Waals surface area contributed by atoms with Gasteiger partial charge in [0.05, 0.1) is 31.5 Å². The highest BCUT2D eigenvalue weighted by Crippen LogP contribution is 2.49. The molecule has 0 aliphatic rings. The van der Waals surface area contributed by atoms with Crippen LogP contribution in [0.2, 0.25) is 0 Å². The van der Waals surface area contributed by atoms with Gasteiger partial charge in [0.25, 0.3) is 5.91 Å². The maximum absolute atomic E-state index is 13.1. The van der Waals surface area contributed by atoms with Crippen LogP contribution in [-0.4, -0.2) is 51.5 Å². The number of anilines is 1. The number of rotatable bonds is 13. The Morgan fingerprint density at radius 1 is 1.07 bits per heavy atom. The van der Waals surface area contributed by atoms with Gasteiger partial charge in [-0.3, -0.25) is 28.6 Å². The molecular formula is C27H33N6O7P. The molecule has 0 unspecified atom stereocenters. The number of phosphoric acid groups is 1. The van der Waals surface area contributed by atoms with E-state index in [2.05, 4.69) is 15.4 Å². The number of hydrogen-bond donors (Lipinski definition) is 2. The van der Waals surface area contributed by atoms with E-state index in [0.29, 0.717) is 46.9 Å². The molecule has 218 valence electrons. The number of primary amides is 1. The number of hydrogen-bond acceptors (Lipinski definition) is 9. The van der Waals surface area contributed by atoms with Crippen LogP contribution in [0, 0.1) is 6.92 Å². The molecule has 0 saturated carbocycles. The van der Waals surface area contributed by atoms with E-state index in [9.17, 15) is 14.2 Å². The number of methoxy groups -OCH3 is 1. The van der Waals surface area contributed by atoms with Crippen molar-refractivity contribution in [3.63, 3.8) is 0 Å². The standard InChI is InChI=1S/C27H33N6O7P/c1-6-38-41(36,39-7-2)40-20-10-8-18(9-11-20)12-13-33-24-21(15-19(25(28)34)16-23(24)37-5)29-27(33)30-26(35)22-14-17(3)31-32(22)4/h8-11,14-16H,6-7,12-13H2,1-5H3,(H2,28,34)(H,29,30,35). The monoisotopic (exact) mass is 584 g/mol. The fourth-order valence-corrected chi connectivity index (χ4v) is 5.52. The van der Waals surface area contributed by atoms with Crippen molar-refractivity contribution in [1.82, 2.24) is 19.3 Å². The molecule has 2 aromatic heterocycles. The van der Waals surface area contributed by atoms with Crippen molar-refractivity contribution in [2.45, 2.75) is 33.7 Å². The molecule has 2 amide bonds. The van der Waals surface area contributed by atoms with Crippen LogP contribution in [0.25, 0.3) is 11.0 Å². The predicted molar refractivity (Wildman–Crippen MR) is 152 cm³/mol. The van der Waals surface area contributed by atoms with Crippen molar-refractivity contribution in [1.29, 1.82) is 0 Å². The van der Waals surface area contributed by atoms with E-state index in [1.165, 1.54) is 11.8 Å². The molecule has 0 radical (unpaired) electrons. The number of nitrogens with two attached hydrogens (primary N) is 1. The summed E-state index contributed by atoms with van der Waals surface area (Å²) in [7, 11) is -0.548. The molecule has 2 heterocycles. The average Bonchev–Trinajstić information content (AvgIpc) is 3.45. The highest BCUT2D eigenvalue weighted by Gasteiger charge is 2.27. The van der Waals surface area contributed by atoms with Crippen molar-refractivity contribution >= 4 is 36.6 Å². The molecule has 0 spiro atoms. The fourth-order valence-electron chi connectivity index (χ4n) is 4.32. The van der Waals surface area contributed by atoms with Crippen LogP contribution in [0.15, 0.2) is 42.5 Å². The van der Waals surface area contributed by atoms with E-state index in [1.54, 1.807) is 58.2 Å². The molecule has 0 aliphatic heterocycles. The Kier molecular flexibility index (Phi) is 9.11. The maximum Gasteiger partial charge on any atom is 0.530 e. The normalized spacial score (nSPS) is 11.5. The number of amides is 2. The number of ether oxygens (including phenoxy) is 1. The van der Waals surface area contributed by atoms with E-state index in [0.717, 1.165) is 5.56 Å². The third-order valence-electron chi connectivity index (χ3n) is 6.11. The minimum atomic E-state index is -3.71. The lowest BCUT2D eigenvalue weighted by Gasteiger charge is -2.17. The van der Waals surface area contributed by atoms with Crippen molar-refractivity contribution in [2.24, 2.45) is 12.8 Å². The number of nitrogens with one attached hydrogen (secondary N) is 1. The van der Waals surface area contributed by atoms with Gasteiger partial charge in [0, 0.05) is 19.2 Å². The summed E-state index contributed by atoms with van der Waals surface area (Å²) in [5.41, 5.74) is 8.74. The Morgan fingerprint density at radius 2 is 1.76 bits per heavy atom. The molecule has 0 fully saturated rings. The van der Waals surface area contributed by atoms with Gasteiger partial charge in [-0.2, -0.15) is 5.10 Å². The molecule has 13 nitrogen and oxygen atoms in total. The highest BCUT2D eigenvalue weighted by molar-refractivity contribution is 7.48. The van der Waals surface area contributed by atoms with Crippen LogP contribution < -0.4 is 20.3 Å². The third kappa shape index (κ3) is 6.76. The lowest BCUT2D eigenvalue weighted by Crippen LogP contribution is -2.19. The van der Waals surface area contributed by atoms with Crippen LogP contribution in [-0.2, 0) is 33.6 Å². The highest BCUT2D eigenvalue weighted by atomic mass is 31.2. The molecule has 4 rings (SSSR count). The Labute approximate surface area is 237 Å². The molecule has 0 saturated heterocycles. The summed E-state index contributed by atoms with van der Waals surface area (Å²) in [5, 5.41) is 7.10. The van der Waals surface area contributed by atoms with Crippen molar-refractivity contribution < 1.29 is 32.5 Å². The fraction of sp³-hybridized carbons (Fsp3) is 0.333. The van der Waals surface area contributed by atoms with E-state index in [4.69, 9.17) is 24.0 Å². The van der Waals surface area contributed by atoms with Gasteiger partial charge in [-0.25, -0.2) is 9.55 Å². The Morgan fingerprint density at radius 3 is 2.32 bits per heavy atom. The van der Waals surface area contributed by atoms with Crippen molar-refractivity contribution in [3.8, 4) is 11.5 Å². The molecule has 2 aromatic carbocycles. The van der Waals surface area contributed by atoms with Gasteiger partial charge >= 0.3 is 7.82 Å². The first-order valence-electron chi connectivity index (χ1n) is 12.9. The molecule has 41 heavy (non-hydrogen) atoms. The number of aromatic nitrogens is 4. The average molecular weight is 585 g/mol. The zero-order chi connectivity index (χ0) is 29.7. The second kappa shape index (κ2) is 12.5. The number of imidazole rings is 1. The number of carbonyl (C=O) groups is 2. The van der Waals surface area contributed by atoms with Crippen LogP contribution in [0.3, 0.4) is 0 Å². The van der Waals surface area contributed by atoms with E-state index < -0.39 is 19.6 Å². The summed E-state index contributed by atoms with van der Waals surface area (Å²) in [6.45, 7) is 5.95. The number of nitrogens with zero attached hydrogens (tertiary/aromatic N) is 4. The van der Waals surface area contributed by atoms with E-state index in [-0.39, 0.29) is 24.7 Å². The summed E-state index contributed by atoms with van der Waals surface area (Å²) in [6, 6.07) is 11.8. The topological polar surface area (TPSA) is 162 Å². The van der Waals surface area contributed by atoms with Gasteiger partial charge < -0.3 is 19.6 Å². The smallest absolute Gasteiger partial charge is 0.494 e. The van der Waals surface area contributed by atoms with E-state index >= 15 is 0 Å². The molecule has 0 atom stereocenters. The first kappa shape index (κ1) is 29.8. The van der Waals surface area contributed by atoms with Crippen LogP contribution in [0.1, 0.15) is 46.0 Å². The lowest BCUT2D eigenvalue weighted by molar-refractivity contribution is 0.0996. The zero-order valence-electron chi connectivity index (χ0n) is 23.5. The molecule has 4 aromatic rings. The number of benzene rings is 2. The van der Waals surface area contributed by atoms with Crippen molar-refractivity contribution in [3.05, 3.63) is 65.0 Å². The van der Waals surface area contributed by atoms with Crippen LogP contribution in [0.4, 0.5) is 5.95 Å². The van der Waals surface area contributed by atoms with E-state index in [1.807, 2.05) is 16.7 Å². The summed E-state index contributed by atoms with van der Waals surface area (Å²) < 4.78 is 37.5. The minimum absolute atomic E-state index is 0.178. The SMILES string of the molecule is CCOP(=O)(OCC)Oc1ccc(CCn2c(NC(=O)c3cc(C)nn3C)nc3cc(C(N)=O)cc(OC)c32)cc1. The second-order valence-electron chi connectivity index (χ2n) is 9.01. The Bertz CT molecular complexity index is 1600. The van der Waals surface area contributed by atoms with Gasteiger partial charge in [-0.15, -0.1) is 0 Å². The Balaban J connectivity index is 1.64. The number of fused-ring (bicyclic) bond motifs is 1. The number of phosphoric ester groups is 1. The zero-order valence-corrected chi connectivity index (χ0v) is 24.4. The van der Waals surface area contributed by atoms with Crippen LogP contribution in [0.5, 0.6) is 11.5 Å². The first-order valence-corrected chi connectivity index (χ1v) is 14.4. The molecule has 0 aliphatic carbocycles. The molecule has 0 bridgehead atoms. The predicted octanol–water partition coefficient (Wildman–Crippen LogP) is 4.24. The van der Waals surface area contributed by atoms with Gasteiger partial charge in [0.15, 0.2) is 0 Å². The summed E-state index contributed by atoms with van der Waals surface area (Å²) in [5.74, 6) is -0.0400. The number of carbonyl (C=O) groups excluding carboxylic acids is 2.